The van der Waals surface area contributed by atoms with E-state index in [0.29, 0.717) is 16.8 Å². The lowest BCUT2D eigenvalue weighted by Crippen LogP contribution is -2.48. The third-order valence-electron chi connectivity index (χ3n) is 2.46. The summed E-state index contributed by atoms with van der Waals surface area (Å²) in [6.45, 7) is 0.809. The van der Waals surface area contributed by atoms with E-state index in [9.17, 15) is 18.0 Å². The number of halogens is 4. The smallest absolute Gasteiger partial charge is 0.377 e. The second-order valence-corrected chi connectivity index (χ2v) is 5.18. The van der Waals surface area contributed by atoms with Gasteiger partial charge in [-0.2, -0.15) is 13.2 Å². The topological polar surface area (TPSA) is 38.3 Å². The first-order valence-electron chi connectivity index (χ1n) is 5.12. The second kappa shape index (κ2) is 5.04. The Kier molecular flexibility index (Phi) is 3.81. The fourth-order valence-corrected chi connectivity index (χ4v) is 2.14. The van der Waals surface area contributed by atoms with Gasteiger partial charge in [0.1, 0.15) is 0 Å². The summed E-state index contributed by atoms with van der Waals surface area (Å²) in [5.41, 5.74) is -0.800. The molecule has 1 saturated heterocycles. The van der Waals surface area contributed by atoms with Gasteiger partial charge in [-0.15, -0.1) is 0 Å². The molecule has 1 aromatic carbocycles. The van der Waals surface area contributed by atoms with Crippen molar-refractivity contribution in [2.75, 3.05) is 13.2 Å². The van der Waals surface area contributed by atoms with Crippen LogP contribution in [0.15, 0.2) is 18.2 Å². The Balaban J connectivity index is 2.21. The number of nitrogens with one attached hydrogen (secondary N) is 1. The molecule has 0 radical (unpaired) electrons. The van der Waals surface area contributed by atoms with Crippen molar-refractivity contribution in [1.82, 2.24) is 5.32 Å². The largest absolute Gasteiger partial charge is 0.416 e. The summed E-state index contributed by atoms with van der Waals surface area (Å²) in [7, 11) is 0. The van der Waals surface area contributed by atoms with Crippen molar-refractivity contribution >= 4 is 28.5 Å². The molecular formula is C11H9F3INO2. The summed E-state index contributed by atoms with van der Waals surface area (Å²) in [4.78, 5) is 11.7. The maximum absolute atomic E-state index is 12.6. The van der Waals surface area contributed by atoms with Gasteiger partial charge in [0.25, 0.3) is 5.91 Å². The lowest BCUT2D eigenvalue weighted by atomic mass is 10.1. The zero-order valence-electron chi connectivity index (χ0n) is 9.05. The van der Waals surface area contributed by atoms with Crippen LogP contribution in [0, 0.1) is 3.57 Å². The minimum atomic E-state index is -4.45. The van der Waals surface area contributed by atoms with Crippen LogP contribution in [0.4, 0.5) is 13.2 Å². The molecule has 1 aromatic rings. The number of carbonyl (C=O) groups excluding carboxylic acids is 1. The van der Waals surface area contributed by atoms with Gasteiger partial charge in [-0.05, 0) is 40.8 Å². The first-order chi connectivity index (χ1) is 8.36. The molecule has 1 aliphatic heterocycles. The van der Waals surface area contributed by atoms with Gasteiger partial charge in [-0.25, -0.2) is 0 Å². The first kappa shape index (κ1) is 13.6. The van der Waals surface area contributed by atoms with Gasteiger partial charge in [0.2, 0.25) is 0 Å². The van der Waals surface area contributed by atoms with Crippen molar-refractivity contribution in [2.45, 2.75) is 12.2 Å². The molecule has 3 nitrogen and oxygen atoms in total. The molecule has 18 heavy (non-hydrogen) atoms. The van der Waals surface area contributed by atoms with Gasteiger partial charge in [-0.1, -0.05) is 0 Å². The Hall–Kier alpha value is -0.830. The fourth-order valence-electron chi connectivity index (χ4n) is 1.47. The second-order valence-electron chi connectivity index (χ2n) is 3.93. The monoisotopic (exact) mass is 371 g/mol. The molecule has 0 spiro atoms. The predicted octanol–water partition coefficient (Wildman–Crippen LogP) is 2.44. The van der Waals surface area contributed by atoms with Gasteiger partial charge in [-0.3, -0.25) is 4.79 Å². The van der Waals surface area contributed by atoms with Gasteiger partial charge < -0.3 is 10.1 Å². The van der Waals surface area contributed by atoms with Crippen LogP contribution >= 0.6 is 22.6 Å². The third kappa shape index (κ3) is 3.14. The minimum Gasteiger partial charge on any atom is -0.377 e. The van der Waals surface area contributed by atoms with E-state index in [1.165, 1.54) is 6.07 Å². The zero-order chi connectivity index (χ0) is 13.3. The van der Waals surface area contributed by atoms with Crippen LogP contribution in [0.2, 0.25) is 0 Å². The molecule has 0 bridgehead atoms. The highest BCUT2D eigenvalue weighted by molar-refractivity contribution is 14.1. The van der Waals surface area contributed by atoms with Crippen LogP contribution < -0.4 is 5.32 Å². The van der Waals surface area contributed by atoms with Crippen LogP contribution in [-0.4, -0.2) is 25.2 Å². The normalized spacial score (nSPS) is 16.2. The molecule has 1 fully saturated rings. The summed E-state index contributed by atoms with van der Waals surface area (Å²) >= 11 is 1.76. The number of hydrogen-bond acceptors (Lipinski definition) is 2. The van der Waals surface area contributed by atoms with E-state index in [-0.39, 0.29) is 11.6 Å². The van der Waals surface area contributed by atoms with E-state index in [1.807, 2.05) is 0 Å². The lowest BCUT2D eigenvalue weighted by Gasteiger charge is -2.26. The van der Waals surface area contributed by atoms with E-state index in [4.69, 9.17) is 4.74 Å². The molecule has 0 aliphatic carbocycles. The van der Waals surface area contributed by atoms with Crippen molar-refractivity contribution < 1.29 is 22.7 Å². The molecule has 2 rings (SSSR count). The van der Waals surface area contributed by atoms with Crippen LogP contribution in [0.1, 0.15) is 15.9 Å². The number of alkyl halides is 3. The summed E-state index contributed by atoms with van der Waals surface area (Å²) < 4.78 is 43.0. The molecule has 1 heterocycles. The SMILES string of the molecule is O=C(NC1COC1)c1cc(I)cc(C(F)(F)F)c1. The number of benzene rings is 1. The maximum Gasteiger partial charge on any atom is 0.416 e. The molecule has 0 unspecified atom stereocenters. The highest BCUT2D eigenvalue weighted by Crippen LogP contribution is 2.31. The zero-order valence-corrected chi connectivity index (χ0v) is 11.2. The molecule has 98 valence electrons. The molecule has 0 aromatic heterocycles. The third-order valence-corrected chi connectivity index (χ3v) is 3.08. The lowest BCUT2D eigenvalue weighted by molar-refractivity contribution is -0.137. The molecule has 0 saturated carbocycles. The van der Waals surface area contributed by atoms with Gasteiger partial charge in [0.15, 0.2) is 0 Å². The number of hydrogen-bond donors (Lipinski definition) is 1. The predicted molar refractivity (Wildman–Crippen MR) is 66.2 cm³/mol. The van der Waals surface area contributed by atoms with E-state index in [1.54, 1.807) is 22.6 Å². The molecule has 1 aliphatic rings. The summed E-state index contributed by atoms with van der Waals surface area (Å²) in [5, 5.41) is 2.60. The van der Waals surface area contributed by atoms with Crippen LogP contribution in [0.25, 0.3) is 0 Å². The van der Waals surface area contributed by atoms with E-state index >= 15 is 0 Å². The van der Waals surface area contributed by atoms with Crippen molar-refractivity contribution in [2.24, 2.45) is 0 Å². The van der Waals surface area contributed by atoms with Crippen molar-refractivity contribution in [3.8, 4) is 0 Å². The molecule has 0 atom stereocenters. The quantitative estimate of drug-likeness (QED) is 0.812. The minimum absolute atomic E-state index is 0.0149. The standard InChI is InChI=1S/C11H9F3INO2/c12-11(13,14)7-1-6(2-8(15)3-7)10(17)16-9-4-18-5-9/h1-3,9H,4-5H2,(H,16,17). The van der Waals surface area contributed by atoms with Crippen LogP contribution in [-0.2, 0) is 10.9 Å². The van der Waals surface area contributed by atoms with Gasteiger partial charge in [0, 0.05) is 9.13 Å². The average molecular weight is 371 g/mol. The van der Waals surface area contributed by atoms with Gasteiger partial charge >= 0.3 is 6.18 Å². The molecular weight excluding hydrogens is 362 g/mol. The van der Waals surface area contributed by atoms with E-state index in [0.717, 1.165) is 12.1 Å². The van der Waals surface area contributed by atoms with E-state index < -0.39 is 17.6 Å². The summed E-state index contributed by atoms with van der Waals surface area (Å²) in [5.74, 6) is -0.507. The summed E-state index contributed by atoms with van der Waals surface area (Å²) in [6.07, 6.45) is -4.45. The highest BCUT2D eigenvalue weighted by Gasteiger charge is 2.32. The maximum atomic E-state index is 12.6. The van der Waals surface area contributed by atoms with Gasteiger partial charge in [0.05, 0.1) is 24.8 Å². The number of carbonyl (C=O) groups is 1. The first-order valence-corrected chi connectivity index (χ1v) is 6.20. The highest BCUT2D eigenvalue weighted by atomic mass is 127. The molecule has 7 heteroatoms. The van der Waals surface area contributed by atoms with Crippen molar-refractivity contribution in [3.05, 3.63) is 32.9 Å². The Labute approximate surface area is 115 Å². The van der Waals surface area contributed by atoms with Crippen LogP contribution in [0.5, 0.6) is 0 Å². The van der Waals surface area contributed by atoms with E-state index in [2.05, 4.69) is 5.32 Å². The number of amides is 1. The Morgan fingerprint density at radius 3 is 2.50 bits per heavy atom. The average Bonchev–Trinajstić information content (AvgIpc) is 2.21. The Morgan fingerprint density at radius 2 is 2.00 bits per heavy atom. The fraction of sp³-hybridized carbons (Fsp3) is 0.364. The Morgan fingerprint density at radius 1 is 1.33 bits per heavy atom. The van der Waals surface area contributed by atoms with Crippen LogP contribution in [0.3, 0.4) is 0 Å². The van der Waals surface area contributed by atoms with Crippen molar-refractivity contribution in [1.29, 1.82) is 0 Å². The summed E-state index contributed by atoms with van der Waals surface area (Å²) in [6, 6.07) is 3.18. The molecule has 1 amide bonds. The number of ether oxygens (including phenoxy) is 1. The molecule has 1 N–H and O–H groups in total. The number of rotatable bonds is 2. The Bertz CT molecular complexity index is 472. The van der Waals surface area contributed by atoms with Crippen molar-refractivity contribution in [3.63, 3.8) is 0 Å².